The van der Waals surface area contributed by atoms with E-state index in [1.54, 1.807) is 36.4 Å². The average molecular weight is 418 g/mol. The fraction of sp³-hybridized carbons (Fsp3) is 0.0588. The van der Waals surface area contributed by atoms with Gasteiger partial charge in [0.15, 0.2) is 11.0 Å². The van der Waals surface area contributed by atoms with Gasteiger partial charge in [-0.05, 0) is 48.6 Å². The quantitative estimate of drug-likeness (QED) is 0.456. The second-order valence-electron chi connectivity index (χ2n) is 5.22. The van der Waals surface area contributed by atoms with Crippen molar-refractivity contribution in [2.75, 3.05) is 4.90 Å². The molecule has 2 aromatic rings. The molecule has 0 aromatic heterocycles. The van der Waals surface area contributed by atoms with E-state index >= 15 is 0 Å². The predicted molar refractivity (Wildman–Crippen MR) is 102 cm³/mol. The van der Waals surface area contributed by atoms with Crippen molar-refractivity contribution in [3.63, 3.8) is 0 Å². The predicted octanol–water partition coefficient (Wildman–Crippen LogP) is 2.92. The number of hydrogen-bond donors (Lipinski definition) is 2. The van der Waals surface area contributed by atoms with E-state index in [-0.39, 0.29) is 10.9 Å². The lowest BCUT2D eigenvalue weighted by molar-refractivity contribution is -0.130. The van der Waals surface area contributed by atoms with Crippen molar-refractivity contribution < 1.29 is 14.7 Å². The van der Waals surface area contributed by atoms with Gasteiger partial charge in [-0.2, -0.15) is 0 Å². The number of aromatic hydroxyl groups is 1. The molecular formula is C17H12BrN3O3S. The Labute approximate surface area is 157 Å². The third kappa shape index (κ3) is 3.75. The summed E-state index contributed by atoms with van der Waals surface area (Å²) in [4.78, 5) is 30.3. The van der Waals surface area contributed by atoms with Crippen molar-refractivity contribution in [1.82, 2.24) is 5.32 Å². The zero-order valence-corrected chi connectivity index (χ0v) is 15.1. The molecule has 0 bridgehead atoms. The Balaban J connectivity index is 1.89. The third-order valence-corrected chi connectivity index (χ3v) is 4.30. The summed E-state index contributed by atoms with van der Waals surface area (Å²) in [7, 11) is 0. The second kappa shape index (κ2) is 7.12. The van der Waals surface area contributed by atoms with Gasteiger partial charge in [-0.1, -0.05) is 22.0 Å². The molecule has 1 atom stereocenters. The standard InChI is InChI=1S/C17H12BrN3O3S/c18-10-4-6-12(7-5-10)21-16(24)14(15(23)20-17(21)25)9-19-11-2-1-3-13(22)8-11/h1-9,14,22H,(H,20,23,25)/t14-/m0/s1. The topological polar surface area (TPSA) is 82.0 Å². The number of anilines is 1. The van der Waals surface area contributed by atoms with Crippen LogP contribution in [0.25, 0.3) is 0 Å². The fourth-order valence-electron chi connectivity index (χ4n) is 2.29. The van der Waals surface area contributed by atoms with Gasteiger partial charge in [0, 0.05) is 16.8 Å². The van der Waals surface area contributed by atoms with Crippen molar-refractivity contribution in [2.45, 2.75) is 0 Å². The Morgan fingerprint density at radius 1 is 1.20 bits per heavy atom. The van der Waals surface area contributed by atoms with Crippen LogP contribution in [0.2, 0.25) is 0 Å². The Bertz CT molecular complexity index is 883. The molecule has 126 valence electrons. The highest BCUT2D eigenvalue weighted by Gasteiger charge is 2.38. The van der Waals surface area contributed by atoms with Gasteiger partial charge in [0.2, 0.25) is 5.91 Å². The monoisotopic (exact) mass is 417 g/mol. The van der Waals surface area contributed by atoms with Crippen molar-refractivity contribution in [3.05, 3.63) is 53.0 Å². The Hall–Kier alpha value is -2.58. The van der Waals surface area contributed by atoms with Crippen molar-refractivity contribution in [2.24, 2.45) is 10.9 Å². The maximum Gasteiger partial charge on any atom is 0.251 e. The smallest absolute Gasteiger partial charge is 0.251 e. The van der Waals surface area contributed by atoms with Crippen LogP contribution in [0, 0.1) is 5.92 Å². The summed E-state index contributed by atoms with van der Waals surface area (Å²) >= 11 is 8.46. The summed E-state index contributed by atoms with van der Waals surface area (Å²) in [5.74, 6) is -2.09. The average Bonchev–Trinajstić information content (AvgIpc) is 2.56. The van der Waals surface area contributed by atoms with Crippen LogP contribution >= 0.6 is 28.1 Å². The first-order valence-electron chi connectivity index (χ1n) is 7.23. The minimum Gasteiger partial charge on any atom is -0.508 e. The van der Waals surface area contributed by atoms with E-state index in [0.29, 0.717) is 11.4 Å². The van der Waals surface area contributed by atoms with Crippen LogP contribution in [0.1, 0.15) is 0 Å². The van der Waals surface area contributed by atoms with E-state index in [1.807, 2.05) is 0 Å². The second-order valence-corrected chi connectivity index (χ2v) is 6.52. The van der Waals surface area contributed by atoms with Crippen LogP contribution in [0.5, 0.6) is 5.75 Å². The number of phenols is 1. The van der Waals surface area contributed by atoms with Crippen LogP contribution in [0.4, 0.5) is 11.4 Å². The number of carbonyl (C=O) groups excluding carboxylic acids is 2. The molecule has 0 saturated carbocycles. The molecule has 2 amide bonds. The number of hydrogen-bond acceptors (Lipinski definition) is 5. The molecule has 1 saturated heterocycles. The first-order chi connectivity index (χ1) is 12.0. The molecule has 8 heteroatoms. The molecule has 1 aliphatic heterocycles. The number of nitrogens with one attached hydrogen (secondary N) is 1. The van der Waals surface area contributed by atoms with Gasteiger partial charge in [-0.25, -0.2) is 0 Å². The van der Waals surface area contributed by atoms with Crippen LogP contribution in [-0.2, 0) is 9.59 Å². The number of aliphatic imine (C=N–C) groups is 1. The molecule has 1 heterocycles. The van der Waals surface area contributed by atoms with Crippen LogP contribution < -0.4 is 10.2 Å². The molecule has 3 rings (SSSR count). The minimum atomic E-state index is -1.11. The molecule has 0 spiro atoms. The fourth-order valence-corrected chi connectivity index (χ4v) is 2.85. The number of phenolic OH excluding ortho intramolecular Hbond substituents is 1. The van der Waals surface area contributed by atoms with E-state index in [9.17, 15) is 14.7 Å². The first kappa shape index (κ1) is 17.2. The largest absolute Gasteiger partial charge is 0.508 e. The maximum atomic E-state index is 12.7. The normalized spacial score (nSPS) is 17.9. The molecule has 0 radical (unpaired) electrons. The van der Waals surface area contributed by atoms with Gasteiger partial charge < -0.3 is 10.4 Å². The van der Waals surface area contributed by atoms with E-state index < -0.39 is 17.7 Å². The number of amides is 2. The maximum absolute atomic E-state index is 12.7. The Morgan fingerprint density at radius 3 is 2.60 bits per heavy atom. The number of thiocarbonyl (C=S) groups is 1. The molecule has 6 nitrogen and oxygen atoms in total. The van der Waals surface area contributed by atoms with Crippen LogP contribution in [-0.4, -0.2) is 28.2 Å². The van der Waals surface area contributed by atoms with E-state index in [4.69, 9.17) is 12.2 Å². The molecule has 1 fully saturated rings. The first-order valence-corrected chi connectivity index (χ1v) is 8.43. The number of halogens is 1. The van der Waals surface area contributed by atoms with Gasteiger partial charge in [0.1, 0.15) is 5.75 Å². The lowest BCUT2D eigenvalue weighted by atomic mass is 10.1. The van der Waals surface area contributed by atoms with Crippen molar-refractivity contribution >= 4 is 62.7 Å². The summed E-state index contributed by atoms with van der Waals surface area (Å²) < 4.78 is 0.859. The van der Waals surface area contributed by atoms with Crippen LogP contribution in [0.15, 0.2) is 58.0 Å². The molecular weight excluding hydrogens is 406 g/mol. The van der Waals surface area contributed by atoms with Gasteiger partial charge in [-0.15, -0.1) is 0 Å². The molecule has 0 unspecified atom stereocenters. The highest BCUT2D eigenvalue weighted by molar-refractivity contribution is 9.10. The number of nitrogens with zero attached hydrogens (tertiary/aromatic N) is 2. The lowest BCUT2D eigenvalue weighted by Gasteiger charge is -2.30. The van der Waals surface area contributed by atoms with E-state index in [1.165, 1.54) is 23.2 Å². The van der Waals surface area contributed by atoms with Gasteiger partial charge in [0.05, 0.1) is 11.4 Å². The van der Waals surface area contributed by atoms with Crippen LogP contribution in [0.3, 0.4) is 0 Å². The number of benzene rings is 2. The summed E-state index contributed by atoms with van der Waals surface area (Å²) in [5, 5.41) is 12.0. The zero-order valence-electron chi connectivity index (χ0n) is 12.7. The highest BCUT2D eigenvalue weighted by atomic mass is 79.9. The molecule has 25 heavy (non-hydrogen) atoms. The van der Waals surface area contributed by atoms with Gasteiger partial charge >= 0.3 is 0 Å². The lowest BCUT2D eigenvalue weighted by Crippen LogP contribution is -2.58. The molecule has 2 N–H and O–H groups in total. The Kier molecular flexibility index (Phi) is 4.91. The summed E-state index contributed by atoms with van der Waals surface area (Å²) in [6, 6.07) is 13.2. The molecule has 2 aromatic carbocycles. The Morgan fingerprint density at radius 2 is 1.92 bits per heavy atom. The summed E-state index contributed by atoms with van der Waals surface area (Å²) in [5.41, 5.74) is 0.984. The number of carbonyl (C=O) groups is 2. The summed E-state index contributed by atoms with van der Waals surface area (Å²) in [6.07, 6.45) is 1.25. The zero-order chi connectivity index (χ0) is 18.0. The molecule has 0 aliphatic carbocycles. The van der Waals surface area contributed by atoms with E-state index in [0.717, 1.165) is 4.47 Å². The number of rotatable bonds is 3. The van der Waals surface area contributed by atoms with Crippen molar-refractivity contribution in [1.29, 1.82) is 0 Å². The molecule has 1 aliphatic rings. The third-order valence-electron chi connectivity index (χ3n) is 3.49. The van der Waals surface area contributed by atoms with Crippen molar-refractivity contribution in [3.8, 4) is 5.75 Å². The SMILES string of the molecule is O=C1NC(=S)N(c2ccc(Br)cc2)C(=O)[C@H]1C=Nc1cccc(O)c1. The van der Waals surface area contributed by atoms with Gasteiger partial charge in [-0.3, -0.25) is 19.5 Å². The highest BCUT2D eigenvalue weighted by Crippen LogP contribution is 2.23. The summed E-state index contributed by atoms with van der Waals surface area (Å²) in [6.45, 7) is 0. The van der Waals surface area contributed by atoms with E-state index in [2.05, 4.69) is 26.2 Å². The van der Waals surface area contributed by atoms with Gasteiger partial charge in [0.25, 0.3) is 5.91 Å². The minimum absolute atomic E-state index is 0.0272.